The highest BCUT2D eigenvalue weighted by atomic mass is 35.5. The van der Waals surface area contributed by atoms with Crippen molar-refractivity contribution >= 4 is 40.4 Å². The monoisotopic (exact) mass is 395 g/mol. The van der Waals surface area contributed by atoms with Crippen LogP contribution in [0.4, 0.5) is 0 Å². The summed E-state index contributed by atoms with van der Waals surface area (Å²) in [7, 11) is 0. The number of halogens is 1. The van der Waals surface area contributed by atoms with E-state index in [0.717, 1.165) is 53.6 Å². The molecule has 6 nitrogen and oxygen atoms in total. The highest BCUT2D eigenvalue weighted by Gasteiger charge is 2.27. The summed E-state index contributed by atoms with van der Waals surface area (Å²) in [6.07, 6.45) is 4.05. The summed E-state index contributed by atoms with van der Waals surface area (Å²) in [5.41, 5.74) is 3.76. The number of carbonyl (C=O) groups is 1. The zero-order valence-electron chi connectivity index (χ0n) is 15.3. The summed E-state index contributed by atoms with van der Waals surface area (Å²) in [5, 5.41) is 3.16. The van der Waals surface area contributed by atoms with Crippen molar-refractivity contribution in [2.24, 2.45) is 0 Å². The van der Waals surface area contributed by atoms with Crippen molar-refractivity contribution < 1.29 is 4.79 Å². The number of fused-ring (bicyclic) bond motifs is 2. The van der Waals surface area contributed by atoms with Gasteiger partial charge < -0.3 is 15.3 Å². The number of para-hydroxylation sites is 4. The van der Waals surface area contributed by atoms with E-state index < -0.39 is 0 Å². The lowest BCUT2D eigenvalue weighted by atomic mass is 9.85. The second-order valence-electron chi connectivity index (χ2n) is 7.28. The van der Waals surface area contributed by atoms with Crippen molar-refractivity contribution in [1.82, 2.24) is 25.3 Å². The first-order valence-electron chi connectivity index (χ1n) is 9.46. The van der Waals surface area contributed by atoms with Gasteiger partial charge in [-0.3, -0.25) is 4.79 Å². The maximum absolute atomic E-state index is 12.6. The van der Waals surface area contributed by atoms with Gasteiger partial charge in [0.05, 0.1) is 22.1 Å². The fourth-order valence-corrected chi connectivity index (χ4v) is 4.05. The third kappa shape index (κ3) is 3.47. The van der Waals surface area contributed by atoms with E-state index in [1.165, 1.54) is 0 Å². The van der Waals surface area contributed by atoms with Gasteiger partial charge in [0, 0.05) is 12.0 Å². The maximum atomic E-state index is 12.6. The molecule has 2 heterocycles. The van der Waals surface area contributed by atoms with E-state index in [1.54, 1.807) is 0 Å². The van der Waals surface area contributed by atoms with Crippen molar-refractivity contribution in [2.45, 2.75) is 37.6 Å². The second-order valence-corrected chi connectivity index (χ2v) is 7.28. The first-order chi connectivity index (χ1) is 13.3. The summed E-state index contributed by atoms with van der Waals surface area (Å²) in [5.74, 6) is 1.61. The molecule has 0 radical (unpaired) electrons. The van der Waals surface area contributed by atoms with E-state index in [4.69, 9.17) is 4.98 Å². The number of aromatic nitrogens is 4. The van der Waals surface area contributed by atoms with E-state index in [2.05, 4.69) is 26.3 Å². The zero-order chi connectivity index (χ0) is 18.2. The Morgan fingerprint density at radius 2 is 1.61 bits per heavy atom. The second kappa shape index (κ2) is 7.64. The minimum Gasteiger partial charge on any atom is -0.347 e. The largest absolute Gasteiger partial charge is 0.347 e. The van der Waals surface area contributed by atoms with Crippen LogP contribution < -0.4 is 5.32 Å². The molecule has 0 bridgehead atoms. The lowest BCUT2D eigenvalue weighted by molar-refractivity contribution is 0.0915. The standard InChI is InChI=1S/C21H21N5O.ClH/c27-21(20-25-17-10-3-4-11-18(17)26-20)22-14-7-5-6-13(12-14)19-23-15-8-1-2-9-16(15)24-19;/h1-4,8-11,13-14H,5-7,12H2,(H,22,27)(H,23,24)(H,25,26);1H/t13-,14+;/m0./s1. The number of carbonyl (C=O) groups excluding carboxylic acids is 1. The van der Waals surface area contributed by atoms with Crippen LogP contribution in [0.1, 0.15) is 48.0 Å². The van der Waals surface area contributed by atoms with Crippen LogP contribution in [-0.4, -0.2) is 31.9 Å². The molecular weight excluding hydrogens is 374 g/mol. The summed E-state index contributed by atoms with van der Waals surface area (Å²) >= 11 is 0. The normalized spacial score (nSPS) is 19.4. The Kier molecular flexibility index (Phi) is 5.05. The molecule has 144 valence electrons. The van der Waals surface area contributed by atoms with Crippen LogP contribution in [0.25, 0.3) is 22.1 Å². The molecule has 0 saturated heterocycles. The number of hydrogen-bond donors (Lipinski definition) is 3. The van der Waals surface area contributed by atoms with Crippen LogP contribution in [-0.2, 0) is 0 Å². The van der Waals surface area contributed by atoms with Crippen LogP contribution in [0, 0.1) is 0 Å². The van der Waals surface area contributed by atoms with Crippen molar-refractivity contribution in [3.05, 3.63) is 60.2 Å². The van der Waals surface area contributed by atoms with Gasteiger partial charge in [-0.1, -0.05) is 30.7 Å². The number of amides is 1. The molecule has 7 heteroatoms. The number of rotatable bonds is 3. The summed E-state index contributed by atoms with van der Waals surface area (Å²) in [6, 6.07) is 15.9. The molecule has 5 rings (SSSR count). The van der Waals surface area contributed by atoms with Crippen molar-refractivity contribution in [3.8, 4) is 0 Å². The molecule has 0 spiro atoms. The number of nitrogens with one attached hydrogen (secondary N) is 3. The summed E-state index contributed by atoms with van der Waals surface area (Å²) in [4.78, 5) is 28.3. The predicted molar refractivity (Wildman–Crippen MR) is 112 cm³/mol. The smallest absolute Gasteiger partial charge is 0.287 e. The van der Waals surface area contributed by atoms with Gasteiger partial charge in [0.2, 0.25) is 0 Å². The van der Waals surface area contributed by atoms with Gasteiger partial charge in [-0.15, -0.1) is 12.4 Å². The molecule has 2 aromatic carbocycles. The van der Waals surface area contributed by atoms with Crippen LogP contribution in [0.15, 0.2) is 48.5 Å². The van der Waals surface area contributed by atoms with E-state index in [0.29, 0.717) is 11.7 Å². The van der Waals surface area contributed by atoms with Crippen molar-refractivity contribution in [1.29, 1.82) is 0 Å². The van der Waals surface area contributed by atoms with Gasteiger partial charge in [-0.05, 0) is 43.5 Å². The van der Waals surface area contributed by atoms with E-state index in [1.807, 2.05) is 42.5 Å². The molecule has 28 heavy (non-hydrogen) atoms. The van der Waals surface area contributed by atoms with E-state index in [9.17, 15) is 4.79 Å². The number of imidazole rings is 2. The van der Waals surface area contributed by atoms with Crippen molar-refractivity contribution in [3.63, 3.8) is 0 Å². The zero-order valence-corrected chi connectivity index (χ0v) is 16.1. The average Bonchev–Trinajstić information content (AvgIpc) is 3.32. The van der Waals surface area contributed by atoms with Gasteiger partial charge in [-0.25, -0.2) is 9.97 Å². The number of hydrogen-bond acceptors (Lipinski definition) is 3. The third-order valence-electron chi connectivity index (χ3n) is 5.41. The van der Waals surface area contributed by atoms with E-state index >= 15 is 0 Å². The molecule has 1 saturated carbocycles. The predicted octanol–water partition coefficient (Wildman–Crippen LogP) is 4.32. The first kappa shape index (κ1) is 18.5. The van der Waals surface area contributed by atoms with Gasteiger partial charge in [0.15, 0.2) is 5.82 Å². The fourth-order valence-electron chi connectivity index (χ4n) is 4.05. The number of H-pyrrole nitrogens is 2. The molecule has 2 aromatic heterocycles. The topological polar surface area (TPSA) is 86.5 Å². The Morgan fingerprint density at radius 3 is 2.32 bits per heavy atom. The van der Waals surface area contributed by atoms with Gasteiger partial charge in [-0.2, -0.15) is 0 Å². The van der Waals surface area contributed by atoms with Crippen LogP contribution in [0.2, 0.25) is 0 Å². The minimum absolute atomic E-state index is 0. The Balaban J connectivity index is 0.00000192. The molecule has 0 aliphatic heterocycles. The van der Waals surface area contributed by atoms with Crippen molar-refractivity contribution in [2.75, 3.05) is 0 Å². The van der Waals surface area contributed by atoms with Gasteiger partial charge >= 0.3 is 0 Å². The summed E-state index contributed by atoms with van der Waals surface area (Å²) < 4.78 is 0. The lowest BCUT2D eigenvalue weighted by Crippen LogP contribution is -2.38. The van der Waals surface area contributed by atoms with E-state index in [-0.39, 0.29) is 24.4 Å². The average molecular weight is 396 g/mol. The van der Waals surface area contributed by atoms with Gasteiger partial charge in [0.25, 0.3) is 5.91 Å². The molecule has 1 aliphatic rings. The SMILES string of the molecule is Cl.O=C(N[C@@H]1CCC[C@H](c2nc3ccccc3[nH]2)C1)c1nc2ccccc2[nH]1. The number of nitrogens with zero attached hydrogens (tertiary/aromatic N) is 2. The Morgan fingerprint density at radius 1 is 0.929 bits per heavy atom. The van der Waals surface area contributed by atoms with Gasteiger partial charge in [0.1, 0.15) is 5.82 Å². The molecule has 1 amide bonds. The van der Waals surface area contributed by atoms with Crippen LogP contribution >= 0.6 is 12.4 Å². The fraction of sp³-hybridized carbons (Fsp3) is 0.286. The lowest BCUT2D eigenvalue weighted by Gasteiger charge is -2.28. The summed E-state index contributed by atoms with van der Waals surface area (Å²) in [6.45, 7) is 0. The molecule has 3 N–H and O–H groups in total. The highest BCUT2D eigenvalue weighted by molar-refractivity contribution is 5.94. The Hall–Kier alpha value is -2.86. The number of benzene rings is 2. The highest BCUT2D eigenvalue weighted by Crippen LogP contribution is 2.32. The molecule has 1 fully saturated rings. The van der Waals surface area contributed by atoms with Crippen LogP contribution in [0.3, 0.4) is 0 Å². The molecule has 2 atom stereocenters. The molecule has 0 unspecified atom stereocenters. The van der Waals surface area contributed by atoms with Crippen LogP contribution in [0.5, 0.6) is 0 Å². The maximum Gasteiger partial charge on any atom is 0.287 e. The Labute approximate surface area is 168 Å². The number of aromatic amines is 2. The molecular formula is C21H22ClN5O. The first-order valence-corrected chi connectivity index (χ1v) is 9.46. The molecule has 1 aliphatic carbocycles. The quantitative estimate of drug-likeness (QED) is 0.483. The minimum atomic E-state index is -0.138. The molecule has 4 aromatic rings. The Bertz CT molecular complexity index is 1050. The third-order valence-corrected chi connectivity index (χ3v) is 5.41.